The van der Waals surface area contributed by atoms with Crippen molar-refractivity contribution in [3.8, 4) is 23.0 Å². The van der Waals surface area contributed by atoms with Gasteiger partial charge in [-0.2, -0.15) is 5.10 Å². The molecule has 0 saturated carbocycles. The zero-order valence-corrected chi connectivity index (χ0v) is 25.2. The van der Waals surface area contributed by atoms with E-state index in [-0.39, 0.29) is 18.3 Å². The number of allylic oxidation sites excluding steroid dienone is 1. The molecule has 2 amide bonds. The van der Waals surface area contributed by atoms with E-state index in [2.05, 4.69) is 21.2 Å². The molecule has 2 aromatic rings. The fourth-order valence-electron chi connectivity index (χ4n) is 4.10. The lowest BCUT2D eigenvalue weighted by Crippen LogP contribution is -2.45. The highest BCUT2D eigenvalue weighted by atomic mass is 35.5. The van der Waals surface area contributed by atoms with Crippen molar-refractivity contribution in [3.63, 3.8) is 0 Å². The first-order valence-corrected chi connectivity index (χ1v) is 13.8. The zero-order chi connectivity index (χ0) is 30.8. The van der Waals surface area contributed by atoms with E-state index in [1.165, 1.54) is 13.3 Å². The van der Waals surface area contributed by atoms with Crippen molar-refractivity contribution in [1.29, 1.82) is 0 Å². The second-order valence-corrected chi connectivity index (χ2v) is 9.75. The number of esters is 1. The minimum Gasteiger partial charge on any atom is -0.490 e. The lowest BCUT2D eigenvalue weighted by molar-refractivity contribution is -0.136. The molecular formula is C29H37ClN4O8. The van der Waals surface area contributed by atoms with Crippen molar-refractivity contribution in [1.82, 2.24) is 16.1 Å². The predicted octanol–water partition coefficient (Wildman–Crippen LogP) is 4.05. The van der Waals surface area contributed by atoms with Gasteiger partial charge in [0.05, 0.1) is 49.3 Å². The molecule has 12 nitrogen and oxygen atoms in total. The third-order valence-corrected chi connectivity index (χ3v) is 6.08. The molecule has 0 aromatic heterocycles. The summed E-state index contributed by atoms with van der Waals surface area (Å²) in [5, 5.41) is 20.2. The Morgan fingerprint density at radius 3 is 2.50 bits per heavy atom. The molecule has 1 aliphatic heterocycles. The molecule has 0 fully saturated rings. The van der Waals surface area contributed by atoms with Crippen molar-refractivity contribution >= 4 is 29.8 Å². The van der Waals surface area contributed by atoms with Crippen LogP contribution in [0.25, 0.3) is 0 Å². The highest BCUT2D eigenvalue weighted by Gasteiger charge is 2.32. The molecule has 1 aliphatic rings. The normalized spacial score (nSPS) is 15.6. The number of rotatable bonds is 14. The van der Waals surface area contributed by atoms with Crippen LogP contribution in [-0.4, -0.2) is 62.6 Å². The van der Waals surface area contributed by atoms with Crippen molar-refractivity contribution in [2.75, 3.05) is 26.9 Å². The Labute approximate surface area is 250 Å². The molecule has 2 atom stereocenters. The highest BCUT2D eigenvalue weighted by Crippen LogP contribution is 2.37. The van der Waals surface area contributed by atoms with Crippen molar-refractivity contribution < 1.29 is 38.4 Å². The first-order chi connectivity index (χ1) is 20.1. The van der Waals surface area contributed by atoms with Gasteiger partial charge < -0.3 is 39.4 Å². The molecule has 4 N–H and O–H groups in total. The molecule has 0 spiro atoms. The van der Waals surface area contributed by atoms with Crippen molar-refractivity contribution in [3.05, 3.63) is 57.8 Å². The number of aliphatic hydroxyl groups excluding tert-OH is 1. The number of hydrogen-bond acceptors (Lipinski definition) is 10. The smallest absolute Gasteiger partial charge is 0.337 e. The number of urea groups is 1. The Kier molecular flexibility index (Phi) is 11.7. The zero-order valence-electron chi connectivity index (χ0n) is 24.4. The van der Waals surface area contributed by atoms with Gasteiger partial charge in [0.1, 0.15) is 6.61 Å². The number of amides is 2. The third kappa shape index (κ3) is 8.43. The van der Waals surface area contributed by atoms with Crippen LogP contribution in [0.5, 0.6) is 23.0 Å². The van der Waals surface area contributed by atoms with Gasteiger partial charge in [-0.3, -0.25) is 5.43 Å². The van der Waals surface area contributed by atoms with Gasteiger partial charge in [0.25, 0.3) is 0 Å². The molecule has 2 aromatic carbocycles. The molecule has 0 bridgehead atoms. The van der Waals surface area contributed by atoms with E-state index >= 15 is 0 Å². The van der Waals surface area contributed by atoms with Gasteiger partial charge in [0.2, 0.25) is 0 Å². The topological polar surface area (TPSA) is 149 Å². The monoisotopic (exact) mass is 604 g/mol. The Morgan fingerprint density at radius 2 is 1.83 bits per heavy atom. The van der Waals surface area contributed by atoms with E-state index in [0.717, 1.165) is 0 Å². The highest BCUT2D eigenvalue weighted by molar-refractivity contribution is 6.32. The molecule has 1 heterocycles. The largest absolute Gasteiger partial charge is 0.490 e. The number of benzene rings is 2. The number of hydrazone groups is 1. The van der Waals surface area contributed by atoms with Gasteiger partial charge in [0, 0.05) is 5.70 Å². The minimum atomic E-state index is -1.17. The van der Waals surface area contributed by atoms with E-state index in [1.54, 1.807) is 37.3 Å². The second-order valence-electron chi connectivity index (χ2n) is 9.34. The number of methoxy groups -OCH3 is 1. The molecule has 13 heteroatoms. The van der Waals surface area contributed by atoms with Gasteiger partial charge >= 0.3 is 12.0 Å². The molecule has 0 radical (unpaired) electrons. The Balaban J connectivity index is 1.70. The third-order valence-electron chi connectivity index (χ3n) is 5.79. The van der Waals surface area contributed by atoms with Crippen LogP contribution in [-0.2, 0) is 9.53 Å². The number of ether oxygens (including phenoxy) is 5. The Morgan fingerprint density at radius 1 is 1.12 bits per heavy atom. The Bertz CT molecular complexity index is 1330. The number of nitrogens with zero attached hydrogens (tertiary/aromatic N) is 1. The SMILES string of the molecule is CCOc1cc([C@H]2NC(=O)NC(C)=C2C(=O)OC)ccc1OC[C@H](O)N/N=C/c1cc(Cl)c(OC(C)C)c(OCC)c1. The van der Waals surface area contributed by atoms with Crippen LogP contribution >= 0.6 is 11.6 Å². The van der Waals surface area contributed by atoms with Crippen LogP contribution in [0.15, 0.2) is 46.7 Å². The molecule has 0 unspecified atom stereocenters. The number of carbonyl (C=O) groups excluding carboxylic acids is 2. The average Bonchev–Trinajstić information content (AvgIpc) is 2.93. The number of carbonyl (C=O) groups is 2. The standard InChI is InChI=1S/C29H37ClN4O8/c1-7-39-22-13-19(26-25(28(36)38-6)17(5)32-29(37)33-26)9-10-21(22)41-15-24(35)34-31-14-18-11-20(30)27(42-16(3)4)23(12-18)40-8-2/h9-14,16,24,26,34-35H,7-8,15H2,1-6H3,(H2,32,33,37)/b31-14+/t24-,26+/m0/s1. The summed E-state index contributed by atoms with van der Waals surface area (Å²) in [7, 11) is 1.27. The molecule has 42 heavy (non-hydrogen) atoms. The lowest BCUT2D eigenvalue weighted by atomic mass is 9.95. The summed E-state index contributed by atoms with van der Waals surface area (Å²) < 4.78 is 27.9. The van der Waals surface area contributed by atoms with E-state index in [9.17, 15) is 14.7 Å². The van der Waals surface area contributed by atoms with Gasteiger partial charge in [-0.1, -0.05) is 17.7 Å². The predicted molar refractivity (Wildman–Crippen MR) is 157 cm³/mol. The quantitative estimate of drug-likeness (QED) is 0.108. The van der Waals surface area contributed by atoms with E-state index in [0.29, 0.717) is 58.1 Å². The first kappa shape index (κ1) is 32.4. The van der Waals surface area contributed by atoms with Crippen LogP contribution in [0.4, 0.5) is 4.79 Å². The summed E-state index contributed by atoms with van der Waals surface area (Å²) in [6.45, 7) is 9.68. The van der Waals surface area contributed by atoms with Gasteiger partial charge in [-0.05, 0) is 70.0 Å². The van der Waals surface area contributed by atoms with Crippen LogP contribution in [0.1, 0.15) is 51.8 Å². The summed E-state index contributed by atoms with van der Waals surface area (Å²) in [5.74, 6) is 1.08. The van der Waals surface area contributed by atoms with E-state index in [1.807, 2.05) is 27.7 Å². The maximum absolute atomic E-state index is 12.4. The molecule has 0 saturated heterocycles. The fourth-order valence-corrected chi connectivity index (χ4v) is 4.36. The Hall–Kier alpha value is -4.16. The molecule has 3 rings (SSSR count). The summed E-state index contributed by atoms with van der Waals surface area (Å²) in [6, 6.07) is 7.19. The first-order valence-electron chi connectivity index (χ1n) is 13.4. The second kappa shape index (κ2) is 15.2. The number of hydrogen-bond donors (Lipinski definition) is 4. The average molecular weight is 605 g/mol. The lowest BCUT2D eigenvalue weighted by Gasteiger charge is -2.28. The van der Waals surface area contributed by atoms with Crippen LogP contribution < -0.4 is 35.0 Å². The number of nitrogens with one attached hydrogen (secondary N) is 3. The molecular weight excluding hydrogens is 568 g/mol. The van der Waals surface area contributed by atoms with Gasteiger partial charge in [-0.25, -0.2) is 9.59 Å². The summed E-state index contributed by atoms with van der Waals surface area (Å²) >= 11 is 6.40. The van der Waals surface area contributed by atoms with Crippen LogP contribution in [0.2, 0.25) is 5.02 Å². The van der Waals surface area contributed by atoms with E-state index in [4.69, 9.17) is 35.3 Å². The maximum Gasteiger partial charge on any atom is 0.337 e. The summed E-state index contributed by atoms with van der Waals surface area (Å²) in [5.41, 5.74) is 4.47. The number of aliphatic hydroxyl groups is 1. The van der Waals surface area contributed by atoms with Gasteiger partial charge in [-0.15, -0.1) is 0 Å². The van der Waals surface area contributed by atoms with Crippen molar-refractivity contribution in [2.24, 2.45) is 5.10 Å². The van der Waals surface area contributed by atoms with Crippen LogP contribution in [0.3, 0.4) is 0 Å². The maximum atomic E-state index is 12.4. The summed E-state index contributed by atoms with van der Waals surface area (Å²) in [6.07, 6.45) is 0.237. The van der Waals surface area contributed by atoms with Crippen molar-refractivity contribution in [2.45, 2.75) is 53.0 Å². The summed E-state index contributed by atoms with van der Waals surface area (Å²) in [4.78, 5) is 24.6. The molecule has 228 valence electrons. The van der Waals surface area contributed by atoms with Gasteiger partial charge in [0.15, 0.2) is 29.2 Å². The van der Waals surface area contributed by atoms with Crippen LogP contribution in [0, 0.1) is 0 Å². The number of halogens is 1. The fraction of sp³-hybridized carbons (Fsp3) is 0.414. The molecule has 0 aliphatic carbocycles. The minimum absolute atomic E-state index is 0.0822. The van der Waals surface area contributed by atoms with E-state index < -0.39 is 24.3 Å².